The Morgan fingerprint density at radius 1 is 1.03 bits per heavy atom. The monoisotopic (exact) mass is 508 g/mol. The normalized spacial score (nSPS) is 19.5. The molecule has 37 heavy (non-hydrogen) atoms. The van der Waals surface area contributed by atoms with E-state index >= 15 is 0 Å². The number of benzene rings is 2. The summed E-state index contributed by atoms with van der Waals surface area (Å²) in [5.41, 5.74) is 0.333. The molecule has 1 aliphatic heterocycles. The maximum absolute atomic E-state index is 13.4. The molecule has 2 fully saturated rings. The van der Waals surface area contributed by atoms with Crippen molar-refractivity contribution in [2.24, 2.45) is 5.41 Å². The number of aliphatic hydroxyl groups is 1. The lowest BCUT2D eigenvalue weighted by molar-refractivity contribution is -0.145. The summed E-state index contributed by atoms with van der Waals surface area (Å²) in [6.07, 6.45) is 3.16. The average Bonchev–Trinajstić information content (AvgIpc) is 3.57. The molecule has 2 unspecified atom stereocenters. The minimum atomic E-state index is -0.829. The fourth-order valence-corrected chi connectivity index (χ4v) is 4.80. The molecule has 3 atom stereocenters. The van der Waals surface area contributed by atoms with E-state index in [-0.39, 0.29) is 24.3 Å². The van der Waals surface area contributed by atoms with Crippen LogP contribution in [0.5, 0.6) is 0 Å². The van der Waals surface area contributed by atoms with Gasteiger partial charge in [0.15, 0.2) is 0 Å². The first-order valence-corrected chi connectivity index (χ1v) is 13.4. The van der Waals surface area contributed by atoms with E-state index < -0.39 is 23.6 Å². The van der Waals surface area contributed by atoms with Gasteiger partial charge in [0, 0.05) is 37.5 Å². The molecule has 2 aromatic rings. The minimum Gasteiger partial charge on any atom is -0.390 e. The van der Waals surface area contributed by atoms with Crippen LogP contribution in [0.1, 0.15) is 52.0 Å². The molecule has 0 spiro atoms. The smallest absolute Gasteiger partial charge is 0.243 e. The fraction of sp³-hybridized carbons (Fsp3) is 0.552. The van der Waals surface area contributed by atoms with Crippen LogP contribution in [0.2, 0.25) is 0 Å². The number of carbonyl (C=O) groups excluding carboxylic acids is 3. The average molecular weight is 509 g/mol. The van der Waals surface area contributed by atoms with Gasteiger partial charge in [-0.15, -0.1) is 0 Å². The minimum absolute atomic E-state index is 0.0630. The van der Waals surface area contributed by atoms with Gasteiger partial charge in [-0.2, -0.15) is 0 Å². The molecule has 0 aromatic heterocycles. The number of nitrogens with one attached hydrogen (secondary N) is 3. The standard InChI is InChI=1S/C29H40N4O4/c1-29(2,3)28(37)33-14-6-9-25(33)27(36)32-24(26(35)31-18-23(34)17-30-22-12-13-22)16-19-10-11-20-7-4-5-8-21(20)15-19/h4-5,7-8,10-11,15,22-25,30,34H,6,9,12-14,16-18H2,1-3H3,(H,31,35)(H,32,36)/t23?,24-,25?/m1/s1. The third-order valence-electron chi connectivity index (χ3n) is 7.08. The van der Waals surface area contributed by atoms with Crippen molar-refractivity contribution in [3.63, 3.8) is 0 Å². The summed E-state index contributed by atoms with van der Waals surface area (Å²) in [5, 5.41) is 21.4. The molecule has 4 N–H and O–H groups in total. The molecule has 0 radical (unpaired) electrons. The Hall–Kier alpha value is -2.97. The van der Waals surface area contributed by atoms with Gasteiger partial charge in [-0.3, -0.25) is 14.4 Å². The fourth-order valence-electron chi connectivity index (χ4n) is 4.80. The summed E-state index contributed by atoms with van der Waals surface area (Å²) in [7, 11) is 0. The van der Waals surface area contributed by atoms with Crippen molar-refractivity contribution in [3.05, 3.63) is 48.0 Å². The van der Waals surface area contributed by atoms with Crippen molar-refractivity contribution in [2.75, 3.05) is 19.6 Å². The Morgan fingerprint density at radius 2 is 1.76 bits per heavy atom. The third kappa shape index (κ3) is 7.29. The van der Waals surface area contributed by atoms with Crippen molar-refractivity contribution >= 4 is 28.5 Å². The van der Waals surface area contributed by atoms with Gasteiger partial charge in [-0.25, -0.2) is 0 Å². The van der Waals surface area contributed by atoms with Crippen LogP contribution in [-0.4, -0.2) is 71.6 Å². The first-order valence-electron chi connectivity index (χ1n) is 13.4. The highest BCUT2D eigenvalue weighted by Gasteiger charge is 2.39. The number of nitrogens with zero attached hydrogens (tertiary/aromatic N) is 1. The van der Waals surface area contributed by atoms with Crippen LogP contribution >= 0.6 is 0 Å². The van der Waals surface area contributed by atoms with Gasteiger partial charge in [0.05, 0.1) is 6.10 Å². The molecular formula is C29H40N4O4. The molecule has 1 saturated heterocycles. The molecule has 8 nitrogen and oxygen atoms in total. The summed E-state index contributed by atoms with van der Waals surface area (Å²) < 4.78 is 0. The van der Waals surface area contributed by atoms with Gasteiger partial charge in [-0.05, 0) is 42.0 Å². The van der Waals surface area contributed by atoms with Gasteiger partial charge in [0.25, 0.3) is 0 Å². The molecule has 8 heteroatoms. The SMILES string of the molecule is CC(C)(C)C(=O)N1CCCC1C(=O)N[C@H](Cc1ccc2ccccc2c1)C(=O)NCC(O)CNC1CC1. The highest BCUT2D eigenvalue weighted by Crippen LogP contribution is 2.26. The molecule has 4 rings (SSSR count). The van der Waals surface area contributed by atoms with Crippen LogP contribution in [0.3, 0.4) is 0 Å². The lowest BCUT2D eigenvalue weighted by Crippen LogP contribution is -2.55. The number of aliphatic hydroxyl groups excluding tert-OH is 1. The van der Waals surface area contributed by atoms with Crippen molar-refractivity contribution in [1.29, 1.82) is 0 Å². The highest BCUT2D eigenvalue weighted by molar-refractivity contribution is 5.93. The van der Waals surface area contributed by atoms with Crippen molar-refractivity contribution in [2.45, 2.75) is 77.1 Å². The summed E-state index contributed by atoms with van der Waals surface area (Å²) in [5.74, 6) is -0.724. The Morgan fingerprint density at radius 3 is 2.46 bits per heavy atom. The lowest BCUT2D eigenvalue weighted by Gasteiger charge is -2.31. The van der Waals surface area contributed by atoms with E-state index in [0.29, 0.717) is 32.0 Å². The second kappa shape index (κ2) is 11.6. The zero-order chi connectivity index (χ0) is 26.6. The largest absolute Gasteiger partial charge is 0.390 e. The molecule has 1 saturated carbocycles. The van der Waals surface area contributed by atoms with Crippen molar-refractivity contribution < 1.29 is 19.5 Å². The molecule has 1 heterocycles. The quantitative estimate of drug-likeness (QED) is 0.393. The predicted molar refractivity (Wildman–Crippen MR) is 144 cm³/mol. The van der Waals surface area contributed by atoms with E-state index in [0.717, 1.165) is 35.6 Å². The van der Waals surface area contributed by atoms with Crippen molar-refractivity contribution in [1.82, 2.24) is 20.9 Å². The number of likely N-dealkylation sites (tertiary alicyclic amines) is 1. The van der Waals surface area contributed by atoms with Crippen LogP contribution in [-0.2, 0) is 20.8 Å². The van der Waals surface area contributed by atoms with Crippen LogP contribution < -0.4 is 16.0 Å². The highest BCUT2D eigenvalue weighted by atomic mass is 16.3. The summed E-state index contributed by atoms with van der Waals surface area (Å²) in [6.45, 7) is 6.60. The Labute approximate surface area is 219 Å². The summed E-state index contributed by atoms with van der Waals surface area (Å²) in [6, 6.07) is 13.1. The molecule has 200 valence electrons. The Kier molecular flexibility index (Phi) is 8.49. The second-order valence-electron chi connectivity index (χ2n) is 11.4. The van der Waals surface area contributed by atoms with Gasteiger partial charge in [0.1, 0.15) is 12.1 Å². The van der Waals surface area contributed by atoms with E-state index in [1.54, 1.807) is 4.90 Å². The zero-order valence-corrected chi connectivity index (χ0v) is 22.1. The first kappa shape index (κ1) is 27.1. The van der Waals surface area contributed by atoms with Crippen molar-refractivity contribution in [3.8, 4) is 0 Å². The molecule has 2 aromatic carbocycles. The van der Waals surface area contributed by atoms with Crippen LogP contribution in [0, 0.1) is 5.41 Å². The first-order chi connectivity index (χ1) is 17.6. The summed E-state index contributed by atoms with van der Waals surface area (Å²) >= 11 is 0. The van der Waals surface area contributed by atoms with Gasteiger partial charge in [-0.1, -0.05) is 63.2 Å². The van der Waals surface area contributed by atoms with Gasteiger partial charge < -0.3 is 26.0 Å². The number of amides is 3. The topological polar surface area (TPSA) is 111 Å². The van der Waals surface area contributed by atoms with E-state index in [1.807, 2.05) is 63.2 Å². The zero-order valence-electron chi connectivity index (χ0n) is 22.1. The number of carbonyl (C=O) groups is 3. The van der Waals surface area contributed by atoms with E-state index in [1.165, 1.54) is 0 Å². The number of rotatable bonds is 10. The van der Waals surface area contributed by atoms with Crippen LogP contribution in [0.25, 0.3) is 10.8 Å². The van der Waals surface area contributed by atoms with E-state index in [4.69, 9.17) is 0 Å². The molecule has 0 bridgehead atoms. The molecular weight excluding hydrogens is 468 g/mol. The number of fused-ring (bicyclic) bond motifs is 1. The lowest BCUT2D eigenvalue weighted by atomic mass is 9.94. The van der Waals surface area contributed by atoms with Crippen LogP contribution in [0.15, 0.2) is 42.5 Å². The van der Waals surface area contributed by atoms with E-state index in [9.17, 15) is 19.5 Å². The van der Waals surface area contributed by atoms with Crippen LogP contribution in [0.4, 0.5) is 0 Å². The second-order valence-corrected chi connectivity index (χ2v) is 11.4. The number of hydrogen-bond donors (Lipinski definition) is 4. The van der Waals surface area contributed by atoms with E-state index in [2.05, 4.69) is 16.0 Å². The molecule has 3 amide bonds. The maximum atomic E-state index is 13.4. The maximum Gasteiger partial charge on any atom is 0.243 e. The predicted octanol–water partition coefficient (Wildman–Crippen LogP) is 2.13. The Balaban J connectivity index is 1.46. The third-order valence-corrected chi connectivity index (χ3v) is 7.08. The summed E-state index contributed by atoms with van der Waals surface area (Å²) in [4.78, 5) is 41.2. The van der Waals surface area contributed by atoms with Gasteiger partial charge in [0.2, 0.25) is 17.7 Å². The molecule has 1 aliphatic carbocycles. The Bertz CT molecular complexity index is 1120. The molecule has 2 aliphatic rings. The number of hydrogen-bond acceptors (Lipinski definition) is 5. The van der Waals surface area contributed by atoms with Gasteiger partial charge >= 0.3 is 0 Å².